The summed E-state index contributed by atoms with van der Waals surface area (Å²) in [5.41, 5.74) is 3.97. The number of thiazole rings is 1. The van der Waals surface area contributed by atoms with E-state index >= 15 is 0 Å². The molecule has 0 N–H and O–H groups in total. The molecule has 0 saturated carbocycles. The number of aryl methyl sites for hydroxylation is 2. The molecule has 2 aromatic heterocycles. The zero-order chi connectivity index (χ0) is 21.5. The molecule has 1 saturated heterocycles. The van der Waals surface area contributed by atoms with Gasteiger partial charge in [-0.3, -0.25) is 14.7 Å². The lowest BCUT2D eigenvalue weighted by Crippen LogP contribution is -2.47. The van der Waals surface area contributed by atoms with Crippen LogP contribution in [0.2, 0.25) is 0 Å². The van der Waals surface area contributed by atoms with Crippen LogP contribution in [0.25, 0.3) is 10.2 Å². The van der Waals surface area contributed by atoms with E-state index in [2.05, 4.69) is 11.1 Å². The lowest BCUT2D eigenvalue weighted by atomic mass is 10.1. The largest absolute Gasteiger partial charge is 0.282 e. The molecular formula is C21H24N4O3S2. The zero-order valence-corrected chi connectivity index (χ0v) is 18.8. The van der Waals surface area contributed by atoms with Crippen molar-refractivity contribution < 1.29 is 13.2 Å². The minimum absolute atomic E-state index is 0.241. The van der Waals surface area contributed by atoms with Gasteiger partial charge in [0.1, 0.15) is 6.04 Å². The van der Waals surface area contributed by atoms with Crippen LogP contribution < -0.4 is 4.90 Å². The van der Waals surface area contributed by atoms with E-state index in [1.807, 2.05) is 32.0 Å². The summed E-state index contributed by atoms with van der Waals surface area (Å²) in [5, 5.41) is 0.577. The van der Waals surface area contributed by atoms with Gasteiger partial charge in [0.25, 0.3) is 0 Å². The SMILES string of the molecule is Cc1ccc2sc(N(Cc3cccnc3)C(=O)C3CCCN3S(C)(=O)=O)nc2c1C. The summed E-state index contributed by atoms with van der Waals surface area (Å²) in [6.45, 7) is 4.72. The summed E-state index contributed by atoms with van der Waals surface area (Å²) < 4.78 is 26.8. The Morgan fingerprint density at radius 3 is 2.80 bits per heavy atom. The van der Waals surface area contributed by atoms with E-state index in [0.29, 0.717) is 31.1 Å². The summed E-state index contributed by atoms with van der Waals surface area (Å²) in [7, 11) is -3.47. The fourth-order valence-electron chi connectivity index (χ4n) is 3.81. The summed E-state index contributed by atoms with van der Waals surface area (Å²) in [4.78, 5) is 24.2. The van der Waals surface area contributed by atoms with Crippen LogP contribution in [-0.2, 0) is 21.4 Å². The Balaban J connectivity index is 1.77. The Kier molecular flexibility index (Phi) is 5.61. The normalized spacial score (nSPS) is 17.5. The topological polar surface area (TPSA) is 83.5 Å². The quantitative estimate of drug-likeness (QED) is 0.603. The van der Waals surface area contributed by atoms with Gasteiger partial charge in [0, 0.05) is 18.9 Å². The molecule has 30 heavy (non-hydrogen) atoms. The Labute approximate surface area is 180 Å². The van der Waals surface area contributed by atoms with Gasteiger partial charge in [0.15, 0.2) is 5.13 Å². The van der Waals surface area contributed by atoms with Gasteiger partial charge in [-0.1, -0.05) is 23.5 Å². The van der Waals surface area contributed by atoms with Crippen LogP contribution in [0.1, 0.15) is 29.5 Å². The van der Waals surface area contributed by atoms with E-state index in [9.17, 15) is 13.2 Å². The smallest absolute Gasteiger partial charge is 0.247 e. The molecule has 9 heteroatoms. The first-order valence-corrected chi connectivity index (χ1v) is 12.5. The van der Waals surface area contributed by atoms with Crippen molar-refractivity contribution >= 4 is 42.6 Å². The van der Waals surface area contributed by atoms with Gasteiger partial charge >= 0.3 is 0 Å². The highest BCUT2D eigenvalue weighted by Gasteiger charge is 2.39. The van der Waals surface area contributed by atoms with Gasteiger partial charge in [0.2, 0.25) is 15.9 Å². The number of carbonyl (C=O) groups excluding carboxylic acids is 1. The molecule has 1 atom stereocenters. The third-order valence-electron chi connectivity index (χ3n) is 5.55. The molecule has 3 heterocycles. The van der Waals surface area contributed by atoms with Crippen molar-refractivity contribution in [1.82, 2.24) is 14.3 Å². The van der Waals surface area contributed by atoms with E-state index in [-0.39, 0.29) is 5.91 Å². The van der Waals surface area contributed by atoms with Crippen LogP contribution in [0.3, 0.4) is 0 Å². The van der Waals surface area contributed by atoms with E-state index in [1.165, 1.54) is 15.6 Å². The van der Waals surface area contributed by atoms with Gasteiger partial charge in [-0.2, -0.15) is 4.31 Å². The van der Waals surface area contributed by atoms with E-state index in [0.717, 1.165) is 33.2 Å². The standard InChI is InChI=1S/C21H24N4O3S2/c1-14-8-9-18-19(15(14)2)23-21(29-18)24(13-16-6-4-10-22-12-16)20(26)17-7-5-11-25(17)30(3,27)28/h4,6,8-10,12,17H,5,7,11,13H2,1-3H3. The van der Waals surface area contributed by atoms with Crippen molar-refractivity contribution in [3.8, 4) is 0 Å². The number of fused-ring (bicyclic) bond motifs is 1. The predicted molar refractivity (Wildman–Crippen MR) is 119 cm³/mol. The molecule has 1 aromatic carbocycles. The maximum atomic E-state index is 13.6. The fourth-order valence-corrected chi connectivity index (χ4v) is 5.96. The molecule has 1 aliphatic rings. The second-order valence-electron chi connectivity index (χ2n) is 7.67. The first kappa shape index (κ1) is 20.9. The van der Waals surface area contributed by atoms with Crippen molar-refractivity contribution in [3.05, 3.63) is 53.3 Å². The average molecular weight is 445 g/mol. The number of sulfonamides is 1. The maximum Gasteiger partial charge on any atom is 0.247 e. The number of aromatic nitrogens is 2. The van der Waals surface area contributed by atoms with Gasteiger partial charge in [0.05, 0.1) is 23.0 Å². The predicted octanol–water partition coefficient (Wildman–Crippen LogP) is 3.27. The number of benzene rings is 1. The molecule has 0 spiro atoms. The number of amides is 1. The fraction of sp³-hybridized carbons (Fsp3) is 0.381. The van der Waals surface area contributed by atoms with Crippen molar-refractivity contribution in [1.29, 1.82) is 0 Å². The molecule has 1 amide bonds. The highest BCUT2D eigenvalue weighted by Crippen LogP contribution is 2.34. The maximum absolute atomic E-state index is 13.6. The third-order valence-corrected chi connectivity index (χ3v) is 7.88. The average Bonchev–Trinajstić information content (AvgIpc) is 3.37. The minimum Gasteiger partial charge on any atom is -0.282 e. The van der Waals surface area contributed by atoms with E-state index in [4.69, 9.17) is 4.98 Å². The number of nitrogens with zero attached hydrogens (tertiary/aromatic N) is 4. The molecule has 1 unspecified atom stereocenters. The van der Waals surface area contributed by atoms with Crippen LogP contribution in [0, 0.1) is 13.8 Å². The highest BCUT2D eigenvalue weighted by molar-refractivity contribution is 7.88. The van der Waals surface area contributed by atoms with Crippen LogP contribution in [0.5, 0.6) is 0 Å². The highest BCUT2D eigenvalue weighted by atomic mass is 32.2. The van der Waals surface area contributed by atoms with Crippen LogP contribution >= 0.6 is 11.3 Å². The van der Waals surface area contributed by atoms with Crippen LogP contribution in [0.15, 0.2) is 36.7 Å². The summed E-state index contributed by atoms with van der Waals surface area (Å²) in [5.74, 6) is -0.241. The molecule has 7 nitrogen and oxygen atoms in total. The Morgan fingerprint density at radius 2 is 2.10 bits per heavy atom. The molecule has 1 aliphatic heterocycles. The molecule has 0 aliphatic carbocycles. The summed E-state index contributed by atoms with van der Waals surface area (Å²) >= 11 is 1.45. The van der Waals surface area contributed by atoms with Crippen LogP contribution in [0.4, 0.5) is 5.13 Å². The lowest BCUT2D eigenvalue weighted by molar-refractivity contribution is -0.121. The van der Waals surface area contributed by atoms with Crippen molar-refractivity contribution in [2.45, 2.75) is 39.3 Å². The summed E-state index contributed by atoms with van der Waals surface area (Å²) in [6, 6.07) is 7.09. The van der Waals surface area contributed by atoms with Crippen molar-refractivity contribution in [3.63, 3.8) is 0 Å². The molecule has 0 radical (unpaired) electrons. The van der Waals surface area contributed by atoms with Gasteiger partial charge in [-0.25, -0.2) is 13.4 Å². The number of hydrogen-bond donors (Lipinski definition) is 0. The second-order valence-corrected chi connectivity index (χ2v) is 10.6. The summed E-state index contributed by atoms with van der Waals surface area (Å²) in [6.07, 6.45) is 5.74. The lowest BCUT2D eigenvalue weighted by Gasteiger charge is -2.27. The monoisotopic (exact) mass is 444 g/mol. The number of carbonyl (C=O) groups is 1. The molecular weight excluding hydrogens is 420 g/mol. The zero-order valence-electron chi connectivity index (χ0n) is 17.2. The molecule has 4 rings (SSSR count). The molecule has 3 aromatic rings. The third kappa shape index (κ3) is 3.97. The molecule has 158 valence electrons. The number of rotatable bonds is 5. The first-order chi connectivity index (χ1) is 14.3. The van der Waals surface area contributed by atoms with E-state index in [1.54, 1.807) is 17.3 Å². The van der Waals surface area contributed by atoms with Gasteiger partial charge < -0.3 is 0 Å². The first-order valence-electron chi connectivity index (χ1n) is 9.79. The number of hydrogen-bond acceptors (Lipinski definition) is 6. The Hall–Kier alpha value is -2.36. The van der Waals surface area contributed by atoms with Gasteiger partial charge in [-0.05, 0) is 55.5 Å². The van der Waals surface area contributed by atoms with Gasteiger partial charge in [-0.15, -0.1) is 0 Å². The number of anilines is 1. The van der Waals surface area contributed by atoms with Crippen molar-refractivity contribution in [2.24, 2.45) is 0 Å². The molecule has 0 bridgehead atoms. The van der Waals surface area contributed by atoms with E-state index < -0.39 is 16.1 Å². The minimum atomic E-state index is -3.47. The number of pyridine rings is 1. The second kappa shape index (κ2) is 8.05. The molecule has 1 fully saturated rings. The Morgan fingerprint density at radius 1 is 1.30 bits per heavy atom. The Bertz CT molecular complexity index is 1190. The van der Waals surface area contributed by atoms with Crippen LogP contribution in [-0.4, -0.2) is 47.4 Å². The van der Waals surface area contributed by atoms with Crippen molar-refractivity contribution in [2.75, 3.05) is 17.7 Å².